The lowest BCUT2D eigenvalue weighted by atomic mass is 10.1. The third-order valence-electron chi connectivity index (χ3n) is 5.97. The van der Waals surface area contributed by atoms with Crippen LogP contribution in [-0.4, -0.2) is 44.7 Å². The number of ether oxygens (including phenoxy) is 1. The summed E-state index contributed by atoms with van der Waals surface area (Å²) in [4.78, 5) is 13.2. The molecule has 1 fully saturated rings. The average molecular weight is 480 g/mol. The molecular weight excluding hydrogens is 449 g/mol. The molecule has 1 aliphatic heterocycles. The Hall–Kier alpha value is -2.97. The minimum Gasteiger partial charge on any atom is -0.474 e. The number of nitrogen functional groups attached to an aromatic ring is 1. The van der Waals surface area contributed by atoms with Crippen molar-refractivity contribution in [2.45, 2.75) is 39.2 Å². The number of para-hydroxylation sites is 1. The van der Waals surface area contributed by atoms with Gasteiger partial charge in [0.1, 0.15) is 11.9 Å². The summed E-state index contributed by atoms with van der Waals surface area (Å²) in [5.41, 5.74) is 8.56. The molecule has 2 N–H and O–H groups in total. The molecule has 0 atom stereocenters. The molecule has 2 aromatic heterocycles. The van der Waals surface area contributed by atoms with Crippen LogP contribution in [0.15, 0.2) is 48.7 Å². The van der Waals surface area contributed by atoms with Gasteiger partial charge in [0.15, 0.2) is 5.82 Å². The number of piperidine rings is 1. The molecule has 8 heteroatoms. The summed E-state index contributed by atoms with van der Waals surface area (Å²) in [7, 11) is 0. The van der Waals surface area contributed by atoms with Crippen molar-refractivity contribution in [2.75, 3.05) is 25.1 Å². The van der Waals surface area contributed by atoms with Crippen LogP contribution in [0.3, 0.4) is 0 Å². The van der Waals surface area contributed by atoms with Gasteiger partial charge in [0, 0.05) is 24.9 Å². The number of benzene rings is 2. The van der Waals surface area contributed by atoms with Gasteiger partial charge in [0.2, 0.25) is 5.88 Å². The number of fused-ring (bicyclic) bond motifs is 2. The molecule has 0 bridgehead atoms. The fourth-order valence-electron chi connectivity index (χ4n) is 4.03. The molecular formula is C26H30FN5OS. The Morgan fingerprint density at radius 3 is 2.56 bits per heavy atom. The second-order valence-corrected chi connectivity index (χ2v) is 9.11. The fraction of sp³-hybridized carbons (Fsp3) is 0.346. The minimum atomic E-state index is -0.464. The number of pyridine rings is 1. The van der Waals surface area contributed by atoms with E-state index in [-0.39, 0.29) is 11.8 Å². The summed E-state index contributed by atoms with van der Waals surface area (Å²) in [6, 6.07) is 13.4. The van der Waals surface area contributed by atoms with E-state index in [0.29, 0.717) is 5.39 Å². The molecule has 34 heavy (non-hydrogen) atoms. The highest BCUT2D eigenvalue weighted by Gasteiger charge is 2.22. The molecule has 0 unspecified atom stereocenters. The van der Waals surface area contributed by atoms with Crippen molar-refractivity contribution in [2.24, 2.45) is 0 Å². The van der Waals surface area contributed by atoms with E-state index in [4.69, 9.17) is 10.5 Å². The second-order valence-electron chi connectivity index (χ2n) is 8.23. The Kier molecular flexibility index (Phi) is 7.80. The minimum absolute atomic E-state index is 0.167. The van der Waals surface area contributed by atoms with E-state index in [9.17, 15) is 4.39 Å². The van der Waals surface area contributed by atoms with E-state index in [1.807, 2.05) is 30.1 Å². The van der Waals surface area contributed by atoms with Gasteiger partial charge in [-0.3, -0.25) is 9.29 Å². The quantitative estimate of drug-likeness (QED) is 0.383. The zero-order valence-corrected chi connectivity index (χ0v) is 20.6. The lowest BCUT2D eigenvalue weighted by molar-refractivity contribution is 0.135. The summed E-state index contributed by atoms with van der Waals surface area (Å²) in [6.07, 6.45) is 6.46. The predicted molar refractivity (Wildman–Crippen MR) is 139 cm³/mol. The van der Waals surface area contributed by atoms with Crippen molar-refractivity contribution in [3.05, 3.63) is 65.9 Å². The van der Waals surface area contributed by atoms with Crippen LogP contribution in [0.4, 0.5) is 10.1 Å². The molecule has 5 rings (SSSR count). The van der Waals surface area contributed by atoms with Gasteiger partial charge in [-0.2, -0.15) is 4.98 Å². The van der Waals surface area contributed by atoms with Gasteiger partial charge in [-0.25, -0.2) is 9.37 Å². The van der Waals surface area contributed by atoms with Crippen LogP contribution in [0.5, 0.6) is 5.88 Å². The maximum absolute atomic E-state index is 12.9. The molecule has 0 spiro atoms. The number of anilines is 1. The summed E-state index contributed by atoms with van der Waals surface area (Å²) in [5, 5.41) is 1.73. The highest BCUT2D eigenvalue weighted by atomic mass is 32.2. The molecule has 1 aliphatic rings. The topological polar surface area (TPSA) is 77.2 Å². The first-order chi connectivity index (χ1) is 16.5. The van der Waals surface area contributed by atoms with Gasteiger partial charge in [0.05, 0.1) is 28.3 Å². The zero-order chi connectivity index (χ0) is 24.1. The molecule has 178 valence electrons. The van der Waals surface area contributed by atoms with Crippen molar-refractivity contribution >= 4 is 39.4 Å². The standard InChI is InChI=1S/C17H23N3OS.C9H7FN2/c1-4-15-18-14-7-5-6-12(2)16(14)17(19-15)21-13-8-10-20(22-3)11-9-13;10-7-5-12-8-4-2-1-3-6(8)9(7)11/h5-7,13H,4,8-11H2,1-3H3;1-5H,(H2,11,12). The smallest absolute Gasteiger partial charge is 0.225 e. The molecule has 2 aromatic carbocycles. The Morgan fingerprint density at radius 1 is 1.09 bits per heavy atom. The number of nitrogens with two attached hydrogens (primary N) is 1. The molecule has 4 aromatic rings. The van der Waals surface area contributed by atoms with E-state index >= 15 is 0 Å². The summed E-state index contributed by atoms with van der Waals surface area (Å²) in [5.74, 6) is 1.16. The van der Waals surface area contributed by atoms with Crippen molar-refractivity contribution in [1.29, 1.82) is 0 Å². The first kappa shape index (κ1) is 24.2. The van der Waals surface area contributed by atoms with Gasteiger partial charge < -0.3 is 10.5 Å². The van der Waals surface area contributed by atoms with Crippen molar-refractivity contribution in [3.8, 4) is 5.88 Å². The molecule has 0 saturated carbocycles. The largest absolute Gasteiger partial charge is 0.474 e. The monoisotopic (exact) mass is 479 g/mol. The van der Waals surface area contributed by atoms with Crippen molar-refractivity contribution in [1.82, 2.24) is 19.3 Å². The Labute approximate surface area is 203 Å². The molecule has 0 radical (unpaired) electrons. The predicted octanol–water partition coefficient (Wildman–Crippen LogP) is 5.58. The Morgan fingerprint density at radius 2 is 1.82 bits per heavy atom. The number of rotatable bonds is 4. The zero-order valence-electron chi connectivity index (χ0n) is 19.8. The van der Waals surface area contributed by atoms with Gasteiger partial charge in [0.25, 0.3) is 0 Å². The fourth-order valence-corrected chi connectivity index (χ4v) is 4.61. The van der Waals surface area contributed by atoms with E-state index in [1.165, 1.54) is 5.56 Å². The maximum Gasteiger partial charge on any atom is 0.225 e. The Balaban J connectivity index is 0.000000192. The third kappa shape index (κ3) is 5.39. The van der Waals surface area contributed by atoms with E-state index in [2.05, 4.69) is 45.4 Å². The SMILES string of the molecule is CCc1nc(OC2CCN(SC)CC2)c2c(C)cccc2n1.Nc1c(F)cnc2ccccc12. The van der Waals surface area contributed by atoms with E-state index in [0.717, 1.165) is 66.7 Å². The highest BCUT2D eigenvalue weighted by Crippen LogP contribution is 2.29. The van der Waals surface area contributed by atoms with Gasteiger partial charge in [-0.15, -0.1) is 0 Å². The lowest BCUT2D eigenvalue weighted by Gasteiger charge is -2.30. The number of hydrogen-bond donors (Lipinski definition) is 1. The molecule has 0 aliphatic carbocycles. The van der Waals surface area contributed by atoms with Crippen LogP contribution < -0.4 is 10.5 Å². The van der Waals surface area contributed by atoms with Crippen molar-refractivity contribution in [3.63, 3.8) is 0 Å². The summed E-state index contributed by atoms with van der Waals surface area (Å²) in [6.45, 7) is 6.33. The highest BCUT2D eigenvalue weighted by molar-refractivity contribution is 7.96. The summed E-state index contributed by atoms with van der Waals surface area (Å²) < 4.78 is 21.5. The van der Waals surface area contributed by atoms with E-state index < -0.39 is 5.82 Å². The van der Waals surface area contributed by atoms with Crippen LogP contribution in [0, 0.1) is 12.7 Å². The molecule has 3 heterocycles. The number of hydrogen-bond acceptors (Lipinski definition) is 7. The normalized spacial score (nSPS) is 14.7. The molecule has 6 nitrogen and oxygen atoms in total. The van der Waals surface area contributed by atoms with Crippen LogP contribution in [0.1, 0.15) is 31.2 Å². The first-order valence-electron chi connectivity index (χ1n) is 11.5. The maximum atomic E-state index is 12.9. The third-order valence-corrected chi connectivity index (χ3v) is 6.85. The van der Waals surface area contributed by atoms with Gasteiger partial charge in [-0.05, 0) is 43.7 Å². The molecule has 1 saturated heterocycles. The van der Waals surface area contributed by atoms with Crippen LogP contribution in [0.25, 0.3) is 21.8 Å². The van der Waals surface area contributed by atoms with Crippen LogP contribution in [0.2, 0.25) is 0 Å². The lowest BCUT2D eigenvalue weighted by Crippen LogP contribution is -2.34. The van der Waals surface area contributed by atoms with Gasteiger partial charge >= 0.3 is 0 Å². The van der Waals surface area contributed by atoms with Crippen LogP contribution >= 0.6 is 11.9 Å². The molecule has 0 amide bonds. The number of aromatic nitrogens is 3. The number of aryl methyl sites for hydroxylation is 2. The Bertz CT molecular complexity index is 1280. The van der Waals surface area contributed by atoms with Crippen molar-refractivity contribution < 1.29 is 9.13 Å². The number of nitrogens with zero attached hydrogens (tertiary/aromatic N) is 4. The summed E-state index contributed by atoms with van der Waals surface area (Å²) >= 11 is 1.82. The van der Waals surface area contributed by atoms with E-state index in [1.54, 1.807) is 18.2 Å². The first-order valence-corrected chi connectivity index (χ1v) is 12.7. The van der Waals surface area contributed by atoms with Crippen LogP contribution in [-0.2, 0) is 6.42 Å². The second kappa shape index (κ2) is 11.0. The van der Waals surface area contributed by atoms with Gasteiger partial charge in [-0.1, -0.05) is 49.2 Å². The number of halogens is 1. The average Bonchev–Trinajstić information content (AvgIpc) is 2.87.